The van der Waals surface area contributed by atoms with E-state index in [4.69, 9.17) is 9.47 Å². The quantitative estimate of drug-likeness (QED) is 0.264. The number of amides is 2. The average Bonchev–Trinajstić information content (AvgIpc) is 2.82. The zero-order valence-corrected chi connectivity index (χ0v) is 21.0. The lowest BCUT2D eigenvalue weighted by molar-refractivity contribution is -0.120. The summed E-state index contributed by atoms with van der Waals surface area (Å²) < 4.78 is 25.1. The number of carbonyl (C=O) groups excluding carboxylic acids is 2. The van der Waals surface area contributed by atoms with Crippen molar-refractivity contribution in [3.05, 3.63) is 65.5 Å². The van der Waals surface area contributed by atoms with Crippen LogP contribution in [0.5, 0.6) is 5.75 Å². The Morgan fingerprint density at radius 3 is 2.57 bits per heavy atom. The van der Waals surface area contributed by atoms with Crippen molar-refractivity contribution in [3.63, 3.8) is 0 Å². The van der Waals surface area contributed by atoms with Crippen molar-refractivity contribution >= 4 is 12.3 Å². The van der Waals surface area contributed by atoms with Crippen LogP contribution in [0.25, 0.3) is 0 Å². The third-order valence-corrected chi connectivity index (χ3v) is 5.64. The SMILES string of the molecule is COC(C)CCOc1cc(F)cc(C[C@@H](CCNCCN(C=O)Cc2ccccc2)NC(C)=O)c1. The Hall–Kier alpha value is -2.97. The van der Waals surface area contributed by atoms with E-state index in [1.807, 2.05) is 43.3 Å². The Labute approximate surface area is 208 Å². The molecule has 0 fully saturated rings. The van der Waals surface area contributed by atoms with Crippen molar-refractivity contribution in [2.75, 3.05) is 33.4 Å². The molecule has 0 saturated carbocycles. The molecule has 0 radical (unpaired) electrons. The van der Waals surface area contributed by atoms with Gasteiger partial charge in [-0.15, -0.1) is 0 Å². The molecule has 2 rings (SSSR count). The van der Waals surface area contributed by atoms with Gasteiger partial charge in [-0.2, -0.15) is 0 Å². The van der Waals surface area contributed by atoms with Crippen molar-refractivity contribution in [1.29, 1.82) is 0 Å². The minimum Gasteiger partial charge on any atom is -0.493 e. The highest BCUT2D eigenvalue weighted by molar-refractivity contribution is 5.73. The van der Waals surface area contributed by atoms with Crippen molar-refractivity contribution in [2.45, 2.75) is 51.8 Å². The van der Waals surface area contributed by atoms with Gasteiger partial charge in [0.05, 0.1) is 12.7 Å². The zero-order chi connectivity index (χ0) is 25.5. The van der Waals surface area contributed by atoms with Crippen LogP contribution < -0.4 is 15.4 Å². The second-order valence-electron chi connectivity index (χ2n) is 8.68. The van der Waals surface area contributed by atoms with Gasteiger partial charge in [0, 0.05) is 52.2 Å². The average molecular weight is 488 g/mol. The van der Waals surface area contributed by atoms with Gasteiger partial charge in [0.15, 0.2) is 0 Å². The van der Waals surface area contributed by atoms with E-state index in [0.717, 1.165) is 17.5 Å². The van der Waals surface area contributed by atoms with Crippen LogP contribution in [0, 0.1) is 5.82 Å². The Bertz CT molecular complexity index is 897. The van der Waals surface area contributed by atoms with Crippen LogP contribution in [0.2, 0.25) is 0 Å². The number of hydrogen-bond donors (Lipinski definition) is 2. The van der Waals surface area contributed by atoms with E-state index in [1.54, 1.807) is 12.0 Å². The highest BCUT2D eigenvalue weighted by Gasteiger charge is 2.13. The van der Waals surface area contributed by atoms with Gasteiger partial charge in [-0.25, -0.2) is 4.39 Å². The molecule has 192 valence electrons. The maximum Gasteiger partial charge on any atom is 0.217 e. The molecule has 2 N–H and O–H groups in total. The molecule has 7 nitrogen and oxygen atoms in total. The molecule has 0 aliphatic heterocycles. The molecular weight excluding hydrogens is 449 g/mol. The summed E-state index contributed by atoms with van der Waals surface area (Å²) in [5.41, 5.74) is 1.84. The topological polar surface area (TPSA) is 79.9 Å². The Kier molecular flexibility index (Phi) is 12.8. The smallest absolute Gasteiger partial charge is 0.217 e. The molecule has 0 bridgehead atoms. The summed E-state index contributed by atoms with van der Waals surface area (Å²) in [6, 6.07) is 14.3. The number of halogens is 1. The first kappa shape index (κ1) is 28.3. The number of nitrogens with one attached hydrogen (secondary N) is 2. The lowest BCUT2D eigenvalue weighted by atomic mass is 10.0. The lowest BCUT2D eigenvalue weighted by Gasteiger charge is -2.20. The second kappa shape index (κ2) is 15.8. The van der Waals surface area contributed by atoms with Gasteiger partial charge in [-0.05, 0) is 49.6 Å². The molecule has 8 heteroatoms. The first-order chi connectivity index (χ1) is 16.9. The van der Waals surface area contributed by atoms with E-state index in [0.29, 0.717) is 57.8 Å². The van der Waals surface area contributed by atoms with E-state index < -0.39 is 0 Å². The third-order valence-electron chi connectivity index (χ3n) is 5.64. The molecular formula is C27H38FN3O4. The van der Waals surface area contributed by atoms with E-state index in [-0.39, 0.29) is 23.9 Å². The van der Waals surface area contributed by atoms with E-state index in [2.05, 4.69) is 10.6 Å². The summed E-state index contributed by atoms with van der Waals surface area (Å²) in [6.07, 6.45) is 2.77. The van der Waals surface area contributed by atoms with Crippen molar-refractivity contribution < 1.29 is 23.5 Å². The van der Waals surface area contributed by atoms with Gasteiger partial charge < -0.3 is 25.0 Å². The largest absolute Gasteiger partial charge is 0.493 e. The van der Waals surface area contributed by atoms with Crippen LogP contribution >= 0.6 is 0 Å². The minimum absolute atomic E-state index is 0.0663. The lowest BCUT2D eigenvalue weighted by Crippen LogP contribution is -2.38. The normalized spacial score (nSPS) is 12.6. The van der Waals surface area contributed by atoms with Crippen molar-refractivity contribution in [3.8, 4) is 5.75 Å². The van der Waals surface area contributed by atoms with Crippen LogP contribution in [0.3, 0.4) is 0 Å². The number of rotatable bonds is 17. The van der Waals surface area contributed by atoms with E-state index in [9.17, 15) is 14.0 Å². The molecule has 0 heterocycles. The minimum atomic E-state index is -0.371. The van der Waals surface area contributed by atoms with Gasteiger partial charge in [-0.3, -0.25) is 9.59 Å². The van der Waals surface area contributed by atoms with E-state index in [1.165, 1.54) is 19.1 Å². The van der Waals surface area contributed by atoms with Crippen LogP contribution in [-0.2, 0) is 27.3 Å². The number of hydrogen-bond acceptors (Lipinski definition) is 5. The van der Waals surface area contributed by atoms with E-state index >= 15 is 0 Å². The fourth-order valence-corrected chi connectivity index (χ4v) is 3.69. The van der Waals surface area contributed by atoms with Crippen LogP contribution in [0.4, 0.5) is 4.39 Å². The monoisotopic (exact) mass is 487 g/mol. The second-order valence-corrected chi connectivity index (χ2v) is 8.68. The standard InChI is InChI=1S/C27H38FN3O4/c1-21(34-3)10-14-35-27-17-24(15-25(28)18-27)16-26(30-22(2)33)9-11-29-12-13-31(20-32)19-23-7-5-4-6-8-23/h4-8,15,17-18,20-21,26,29H,9-14,16,19H2,1-3H3,(H,30,33)/t21?,26-/m1/s1. The third kappa shape index (κ3) is 11.8. The number of carbonyl (C=O) groups is 2. The van der Waals surface area contributed by atoms with Gasteiger partial charge in [0.2, 0.25) is 12.3 Å². The molecule has 0 aliphatic carbocycles. The first-order valence-corrected chi connectivity index (χ1v) is 12.1. The molecule has 0 aromatic heterocycles. The Balaban J connectivity index is 1.82. The predicted molar refractivity (Wildman–Crippen MR) is 135 cm³/mol. The van der Waals surface area contributed by atoms with Crippen molar-refractivity contribution in [1.82, 2.24) is 15.5 Å². The zero-order valence-electron chi connectivity index (χ0n) is 21.0. The van der Waals surface area contributed by atoms with Gasteiger partial charge >= 0.3 is 0 Å². The maximum absolute atomic E-state index is 14.2. The first-order valence-electron chi connectivity index (χ1n) is 12.1. The summed E-state index contributed by atoms with van der Waals surface area (Å²) in [7, 11) is 1.64. The molecule has 1 unspecified atom stereocenters. The molecule has 2 atom stereocenters. The maximum atomic E-state index is 14.2. The number of nitrogens with zero attached hydrogens (tertiary/aromatic N) is 1. The molecule has 2 aromatic carbocycles. The number of methoxy groups -OCH3 is 1. The van der Waals surface area contributed by atoms with Crippen molar-refractivity contribution in [2.24, 2.45) is 0 Å². The fraction of sp³-hybridized carbons (Fsp3) is 0.481. The fourth-order valence-electron chi connectivity index (χ4n) is 3.69. The Morgan fingerprint density at radius 1 is 1.11 bits per heavy atom. The highest BCUT2D eigenvalue weighted by atomic mass is 19.1. The summed E-state index contributed by atoms with van der Waals surface area (Å²) in [5.74, 6) is -0.0360. The summed E-state index contributed by atoms with van der Waals surface area (Å²) in [4.78, 5) is 24.8. The highest BCUT2D eigenvalue weighted by Crippen LogP contribution is 2.19. The summed E-state index contributed by atoms with van der Waals surface area (Å²) in [6.45, 7) is 6.28. The molecule has 35 heavy (non-hydrogen) atoms. The summed E-state index contributed by atoms with van der Waals surface area (Å²) >= 11 is 0. The van der Waals surface area contributed by atoms with Crippen LogP contribution in [0.15, 0.2) is 48.5 Å². The number of ether oxygens (including phenoxy) is 2. The molecule has 0 saturated heterocycles. The van der Waals surface area contributed by atoms with Crippen LogP contribution in [0.1, 0.15) is 37.8 Å². The van der Waals surface area contributed by atoms with Gasteiger partial charge in [-0.1, -0.05) is 30.3 Å². The van der Waals surface area contributed by atoms with Crippen LogP contribution in [-0.4, -0.2) is 62.7 Å². The van der Waals surface area contributed by atoms with Gasteiger partial charge in [0.25, 0.3) is 0 Å². The molecule has 2 aromatic rings. The number of benzene rings is 2. The van der Waals surface area contributed by atoms with Gasteiger partial charge in [0.1, 0.15) is 11.6 Å². The Morgan fingerprint density at radius 2 is 1.89 bits per heavy atom. The molecule has 0 aliphatic rings. The molecule has 0 spiro atoms. The summed E-state index contributed by atoms with van der Waals surface area (Å²) in [5, 5.41) is 6.28. The molecule has 2 amide bonds. The predicted octanol–water partition coefficient (Wildman–Crippen LogP) is 3.32.